The lowest BCUT2D eigenvalue weighted by molar-refractivity contribution is -0.139. The largest absolute Gasteiger partial charge is 0.497 e. The van der Waals surface area contributed by atoms with Crippen molar-refractivity contribution in [3.05, 3.63) is 88.4 Å². The molecule has 1 aliphatic rings. The van der Waals surface area contributed by atoms with Crippen molar-refractivity contribution in [3.63, 3.8) is 0 Å². The number of rotatable bonds is 11. The van der Waals surface area contributed by atoms with E-state index in [0.717, 1.165) is 35.6 Å². The van der Waals surface area contributed by atoms with Gasteiger partial charge >= 0.3 is 0 Å². The molecule has 218 valence electrons. The molecule has 0 radical (unpaired) electrons. The smallest absolute Gasteiger partial charge is 0.264 e. The standard InChI is InChI=1S/C30H33Cl2N3O5S/c1-21(30(37)33-23-11-6-7-12-23)34(19-22-10-8-13-24(18-22)40-2)28(36)20-35(27-17-9-16-26(31)29(27)32)41(38,39)25-14-4-3-5-15-25/h3-5,8-10,13-18,21,23H,6-7,11-12,19-20H2,1-2H3,(H,33,37)/t21-/m0/s1. The van der Waals surface area contributed by atoms with Crippen LogP contribution in [0.1, 0.15) is 38.2 Å². The van der Waals surface area contributed by atoms with Crippen LogP contribution in [0.4, 0.5) is 5.69 Å². The zero-order valence-corrected chi connectivity index (χ0v) is 25.3. The van der Waals surface area contributed by atoms with Gasteiger partial charge in [0.05, 0.1) is 27.7 Å². The van der Waals surface area contributed by atoms with Gasteiger partial charge in [-0.3, -0.25) is 13.9 Å². The van der Waals surface area contributed by atoms with Crippen molar-refractivity contribution in [2.24, 2.45) is 0 Å². The number of methoxy groups -OCH3 is 1. The lowest BCUT2D eigenvalue weighted by Crippen LogP contribution is -2.52. The number of halogens is 2. The summed E-state index contributed by atoms with van der Waals surface area (Å²) >= 11 is 12.7. The van der Waals surface area contributed by atoms with E-state index in [0.29, 0.717) is 5.75 Å². The highest BCUT2D eigenvalue weighted by molar-refractivity contribution is 7.92. The molecular formula is C30H33Cl2N3O5S. The van der Waals surface area contributed by atoms with Crippen LogP contribution >= 0.6 is 23.2 Å². The second kappa shape index (κ2) is 13.6. The fourth-order valence-corrected chi connectivity index (χ4v) is 6.75. The topological polar surface area (TPSA) is 96.0 Å². The first-order valence-corrected chi connectivity index (χ1v) is 15.6. The van der Waals surface area contributed by atoms with Gasteiger partial charge in [0, 0.05) is 12.6 Å². The van der Waals surface area contributed by atoms with Crippen molar-refractivity contribution < 1.29 is 22.7 Å². The summed E-state index contributed by atoms with van der Waals surface area (Å²) in [6.07, 6.45) is 3.86. The number of anilines is 1. The number of carbonyl (C=O) groups is 2. The van der Waals surface area contributed by atoms with Crippen molar-refractivity contribution in [3.8, 4) is 5.75 Å². The minimum absolute atomic E-state index is 0.00663. The summed E-state index contributed by atoms with van der Waals surface area (Å²) in [5.41, 5.74) is 0.775. The number of carbonyl (C=O) groups excluding carboxylic acids is 2. The van der Waals surface area contributed by atoms with Crippen LogP contribution in [0, 0.1) is 0 Å². The molecule has 3 aromatic carbocycles. The highest BCUT2D eigenvalue weighted by Crippen LogP contribution is 2.35. The van der Waals surface area contributed by atoms with Crippen LogP contribution in [0.25, 0.3) is 0 Å². The maximum absolute atomic E-state index is 14.1. The predicted molar refractivity (Wildman–Crippen MR) is 161 cm³/mol. The summed E-state index contributed by atoms with van der Waals surface area (Å²) < 4.78 is 34.1. The van der Waals surface area contributed by atoms with Crippen molar-refractivity contribution in [2.75, 3.05) is 18.0 Å². The number of ether oxygens (including phenoxy) is 1. The quantitative estimate of drug-likeness (QED) is 0.299. The van der Waals surface area contributed by atoms with Gasteiger partial charge < -0.3 is 15.0 Å². The second-order valence-corrected chi connectivity index (χ2v) is 12.6. The molecule has 8 nitrogen and oxygen atoms in total. The highest BCUT2D eigenvalue weighted by Gasteiger charge is 2.34. The number of sulfonamides is 1. The molecule has 4 rings (SSSR count). The van der Waals surface area contributed by atoms with Crippen molar-refractivity contribution in [1.29, 1.82) is 0 Å². The van der Waals surface area contributed by atoms with Crippen LogP contribution in [-0.2, 0) is 26.2 Å². The van der Waals surface area contributed by atoms with Crippen LogP contribution in [0.2, 0.25) is 10.0 Å². The Bertz CT molecular complexity index is 1480. The van der Waals surface area contributed by atoms with E-state index in [1.165, 1.54) is 29.2 Å². The molecule has 11 heteroatoms. The monoisotopic (exact) mass is 617 g/mol. The number of nitrogens with one attached hydrogen (secondary N) is 1. The van der Waals surface area contributed by atoms with E-state index in [1.54, 1.807) is 56.5 Å². The van der Waals surface area contributed by atoms with Gasteiger partial charge in [0.15, 0.2) is 0 Å². The third-order valence-corrected chi connectivity index (χ3v) is 9.75. The van der Waals surface area contributed by atoms with Crippen LogP contribution in [0.3, 0.4) is 0 Å². The molecule has 1 aliphatic carbocycles. The lowest BCUT2D eigenvalue weighted by atomic mass is 10.1. The van der Waals surface area contributed by atoms with Gasteiger partial charge in [-0.25, -0.2) is 8.42 Å². The molecule has 0 aromatic heterocycles. The maximum atomic E-state index is 14.1. The summed E-state index contributed by atoms with van der Waals surface area (Å²) in [5.74, 6) is -0.291. The van der Waals surface area contributed by atoms with E-state index in [9.17, 15) is 18.0 Å². The summed E-state index contributed by atoms with van der Waals surface area (Å²) in [6, 6.07) is 18.7. The highest BCUT2D eigenvalue weighted by atomic mass is 35.5. The minimum atomic E-state index is -4.25. The van der Waals surface area contributed by atoms with Crippen LogP contribution in [0.15, 0.2) is 77.7 Å². The fraction of sp³-hybridized carbons (Fsp3) is 0.333. The van der Waals surface area contributed by atoms with Crippen LogP contribution in [-0.4, -0.2) is 50.9 Å². The molecule has 0 aliphatic heterocycles. The first-order valence-electron chi connectivity index (χ1n) is 13.4. The molecule has 0 unspecified atom stereocenters. The van der Waals surface area contributed by atoms with Crippen LogP contribution in [0.5, 0.6) is 5.75 Å². The van der Waals surface area contributed by atoms with E-state index in [-0.39, 0.29) is 39.1 Å². The lowest BCUT2D eigenvalue weighted by Gasteiger charge is -2.32. The Balaban J connectivity index is 1.71. The van der Waals surface area contributed by atoms with Gasteiger partial charge in [0.2, 0.25) is 11.8 Å². The van der Waals surface area contributed by atoms with Gasteiger partial charge in [0.25, 0.3) is 10.0 Å². The molecule has 1 saturated carbocycles. The minimum Gasteiger partial charge on any atom is -0.497 e. The zero-order valence-electron chi connectivity index (χ0n) is 22.9. The van der Waals surface area contributed by atoms with Gasteiger partial charge in [-0.2, -0.15) is 0 Å². The normalized spacial score (nSPS) is 14.3. The number of hydrogen-bond donors (Lipinski definition) is 1. The molecule has 1 fully saturated rings. The van der Waals surface area contributed by atoms with Gasteiger partial charge in [0.1, 0.15) is 18.3 Å². The third-order valence-electron chi connectivity index (χ3n) is 7.17. The van der Waals surface area contributed by atoms with E-state index >= 15 is 0 Å². The SMILES string of the molecule is COc1cccc(CN(C(=O)CN(c2cccc(Cl)c2Cl)S(=O)(=O)c2ccccc2)[C@@H](C)C(=O)NC2CCCC2)c1. The van der Waals surface area contributed by atoms with Crippen molar-refractivity contribution >= 4 is 50.7 Å². The van der Waals surface area contributed by atoms with E-state index in [1.807, 2.05) is 6.07 Å². The Hall–Kier alpha value is -3.27. The Kier molecular flexibility index (Phi) is 10.2. The number of hydrogen-bond acceptors (Lipinski definition) is 5. The maximum Gasteiger partial charge on any atom is 0.264 e. The molecule has 3 aromatic rings. The third kappa shape index (κ3) is 7.33. The Morgan fingerprint density at radius 2 is 1.68 bits per heavy atom. The molecule has 1 atom stereocenters. The molecule has 0 spiro atoms. The average Bonchev–Trinajstić information content (AvgIpc) is 3.49. The Labute approximate surface area is 251 Å². The Morgan fingerprint density at radius 1 is 1.00 bits per heavy atom. The van der Waals surface area contributed by atoms with Gasteiger partial charge in [-0.1, -0.05) is 72.4 Å². The summed E-state index contributed by atoms with van der Waals surface area (Å²) in [6.45, 7) is 1.09. The molecule has 2 amide bonds. The Morgan fingerprint density at radius 3 is 2.37 bits per heavy atom. The molecule has 0 saturated heterocycles. The summed E-state index contributed by atoms with van der Waals surface area (Å²) in [4.78, 5) is 28.8. The van der Waals surface area contributed by atoms with Gasteiger partial charge in [-0.15, -0.1) is 0 Å². The van der Waals surface area contributed by atoms with Crippen LogP contribution < -0.4 is 14.4 Å². The van der Waals surface area contributed by atoms with E-state index in [2.05, 4.69) is 5.32 Å². The van der Waals surface area contributed by atoms with Crippen molar-refractivity contribution in [1.82, 2.24) is 10.2 Å². The number of amides is 2. The molecular weight excluding hydrogens is 585 g/mol. The fourth-order valence-electron chi connectivity index (χ4n) is 4.86. The predicted octanol–water partition coefficient (Wildman–Crippen LogP) is 5.67. The second-order valence-electron chi connectivity index (χ2n) is 9.94. The van der Waals surface area contributed by atoms with Crippen molar-refractivity contribution in [2.45, 2.75) is 56.1 Å². The van der Waals surface area contributed by atoms with E-state index < -0.39 is 28.5 Å². The number of nitrogens with zero attached hydrogens (tertiary/aromatic N) is 2. The van der Waals surface area contributed by atoms with Gasteiger partial charge in [-0.05, 0) is 61.7 Å². The molecule has 1 N–H and O–H groups in total. The molecule has 41 heavy (non-hydrogen) atoms. The summed E-state index contributed by atoms with van der Waals surface area (Å²) in [7, 11) is -2.71. The summed E-state index contributed by atoms with van der Waals surface area (Å²) in [5, 5.41) is 3.19. The first kappa shape index (κ1) is 30.7. The first-order chi connectivity index (χ1) is 19.6. The zero-order chi connectivity index (χ0) is 29.6. The molecule has 0 heterocycles. The van der Waals surface area contributed by atoms with E-state index in [4.69, 9.17) is 27.9 Å². The molecule has 0 bridgehead atoms. The average molecular weight is 619 g/mol. The number of benzene rings is 3.